The largest absolute Gasteiger partial charge is 0.493 e. The summed E-state index contributed by atoms with van der Waals surface area (Å²) < 4.78 is 8.21. The topological polar surface area (TPSA) is 56.1 Å². The molecular formula is C27H28ClN3O2. The van der Waals surface area contributed by atoms with Crippen molar-refractivity contribution in [2.45, 2.75) is 39.8 Å². The highest BCUT2D eigenvalue weighted by Gasteiger charge is 2.20. The summed E-state index contributed by atoms with van der Waals surface area (Å²) in [5, 5.41) is 3.48. The first kappa shape index (κ1) is 22.9. The Balaban J connectivity index is 1.50. The van der Waals surface area contributed by atoms with Crippen LogP contribution in [0.4, 0.5) is 0 Å². The second-order valence-corrected chi connectivity index (χ2v) is 8.66. The van der Waals surface area contributed by atoms with Gasteiger partial charge in [-0.1, -0.05) is 48.0 Å². The minimum absolute atomic E-state index is 0.218. The van der Waals surface area contributed by atoms with Crippen LogP contribution in [0.15, 0.2) is 66.7 Å². The highest BCUT2D eigenvalue weighted by Crippen LogP contribution is 2.23. The van der Waals surface area contributed by atoms with Crippen molar-refractivity contribution >= 4 is 28.5 Å². The van der Waals surface area contributed by atoms with Crippen LogP contribution in [0, 0.1) is 13.8 Å². The number of rotatable bonds is 8. The summed E-state index contributed by atoms with van der Waals surface area (Å²) in [5.74, 6) is 1.51. The van der Waals surface area contributed by atoms with Gasteiger partial charge in [0.1, 0.15) is 11.6 Å². The maximum Gasteiger partial charge on any atom is 0.253 e. The minimum atomic E-state index is -0.291. The van der Waals surface area contributed by atoms with Crippen molar-refractivity contribution in [2.75, 3.05) is 6.61 Å². The molecular weight excluding hydrogens is 434 g/mol. The SMILES string of the molecule is Cc1ccc(C)c(OCCCn2c(C(C)NC(=O)c3ccccc3Cl)nc3ccccc32)c1. The number of aryl methyl sites for hydroxylation is 3. The standard InChI is InChI=1S/C27H28ClN3O2/c1-18-13-14-19(2)25(17-18)33-16-8-15-31-24-12-7-6-11-23(24)30-26(31)20(3)29-27(32)21-9-4-5-10-22(21)28/h4-7,9-14,17,20H,8,15-16H2,1-3H3,(H,29,32). The van der Waals surface area contributed by atoms with Crippen molar-refractivity contribution < 1.29 is 9.53 Å². The van der Waals surface area contributed by atoms with Crippen LogP contribution in [-0.4, -0.2) is 22.1 Å². The maximum atomic E-state index is 12.8. The van der Waals surface area contributed by atoms with Gasteiger partial charge in [-0.05, 0) is 68.7 Å². The molecule has 5 nitrogen and oxygen atoms in total. The van der Waals surface area contributed by atoms with Gasteiger partial charge in [-0.15, -0.1) is 0 Å². The first-order valence-corrected chi connectivity index (χ1v) is 11.5. The molecule has 4 aromatic rings. The Kier molecular flexibility index (Phi) is 6.99. The van der Waals surface area contributed by atoms with Gasteiger partial charge >= 0.3 is 0 Å². The molecule has 0 aliphatic carbocycles. The van der Waals surface area contributed by atoms with Crippen LogP contribution < -0.4 is 10.1 Å². The fraction of sp³-hybridized carbons (Fsp3) is 0.259. The predicted molar refractivity (Wildman–Crippen MR) is 133 cm³/mol. The van der Waals surface area contributed by atoms with Crippen LogP contribution in [0.3, 0.4) is 0 Å². The smallest absolute Gasteiger partial charge is 0.253 e. The van der Waals surface area contributed by atoms with E-state index in [0.29, 0.717) is 17.2 Å². The molecule has 1 heterocycles. The quantitative estimate of drug-likeness (QED) is 0.315. The molecule has 1 N–H and O–H groups in total. The molecule has 0 radical (unpaired) electrons. The summed E-state index contributed by atoms with van der Waals surface area (Å²) in [4.78, 5) is 17.6. The minimum Gasteiger partial charge on any atom is -0.493 e. The first-order chi connectivity index (χ1) is 15.9. The van der Waals surface area contributed by atoms with E-state index in [9.17, 15) is 4.79 Å². The molecule has 1 aromatic heterocycles. The molecule has 170 valence electrons. The van der Waals surface area contributed by atoms with Gasteiger partial charge in [-0.3, -0.25) is 4.79 Å². The third-order valence-corrected chi connectivity index (χ3v) is 5.99. The van der Waals surface area contributed by atoms with Gasteiger partial charge in [0.2, 0.25) is 0 Å². The van der Waals surface area contributed by atoms with Gasteiger partial charge in [-0.25, -0.2) is 4.98 Å². The first-order valence-electron chi connectivity index (χ1n) is 11.1. The lowest BCUT2D eigenvalue weighted by molar-refractivity contribution is 0.0937. The molecule has 4 rings (SSSR count). The van der Waals surface area contributed by atoms with Crippen LogP contribution in [0.25, 0.3) is 11.0 Å². The summed E-state index contributed by atoms with van der Waals surface area (Å²) in [6, 6.07) is 21.0. The van der Waals surface area contributed by atoms with Gasteiger partial charge in [0, 0.05) is 6.54 Å². The third kappa shape index (κ3) is 5.20. The Hall–Kier alpha value is -3.31. The van der Waals surface area contributed by atoms with E-state index in [1.807, 2.05) is 31.2 Å². The van der Waals surface area contributed by atoms with E-state index in [1.165, 1.54) is 5.56 Å². The molecule has 1 unspecified atom stereocenters. The number of nitrogens with one attached hydrogen (secondary N) is 1. The van der Waals surface area contributed by atoms with E-state index in [2.05, 4.69) is 48.0 Å². The summed E-state index contributed by atoms with van der Waals surface area (Å²) in [7, 11) is 0. The molecule has 33 heavy (non-hydrogen) atoms. The number of hydrogen-bond donors (Lipinski definition) is 1. The Morgan fingerprint density at radius 2 is 1.85 bits per heavy atom. The molecule has 0 bridgehead atoms. The van der Waals surface area contributed by atoms with Crippen molar-refractivity contribution in [1.29, 1.82) is 0 Å². The summed E-state index contributed by atoms with van der Waals surface area (Å²) >= 11 is 6.20. The van der Waals surface area contributed by atoms with Crippen molar-refractivity contribution in [3.05, 3.63) is 94.3 Å². The molecule has 0 fully saturated rings. The second kappa shape index (κ2) is 10.1. The highest BCUT2D eigenvalue weighted by molar-refractivity contribution is 6.33. The zero-order chi connectivity index (χ0) is 23.4. The number of ether oxygens (including phenoxy) is 1. The molecule has 0 aliphatic heterocycles. The van der Waals surface area contributed by atoms with E-state index >= 15 is 0 Å². The van der Waals surface area contributed by atoms with E-state index in [1.54, 1.807) is 18.2 Å². The monoisotopic (exact) mass is 461 g/mol. The molecule has 0 saturated heterocycles. The number of carbonyl (C=O) groups is 1. The summed E-state index contributed by atoms with van der Waals surface area (Å²) in [5.41, 5.74) is 4.71. The maximum absolute atomic E-state index is 12.8. The van der Waals surface area contributed by atoms with Gasteiger partial charge in [0.15, 0.2) is 0 Å². The van der Waals surface area contributed by atoms with Crippen LogP contribution in [0.1, 0.15) is 46.7 Å². The molecule has 0 saturated carbocycles. The fourth-order valence-corrected chi connectivity index (χ4v) is 4.13. The number of halogens is 1. The number of benzene rings is 3. The van der Waals surface area contributed by atoms with Gasteiger partial charge < -0.3 is 14.6 Å². The number of imidazole rings is 1. The van der Waals surface area contributed by atoms with Crippen LogP contribution >= 0.6 is 11.6 Å². The van der Waals surface area contributed by atoms with Crippen molar-refractivity contribution in [3.63, 3.8) is 0 Å². The van der Waals surface area contributed by atoms with Gasteiger partial charge in [0.05, 0.1) is 34.3 Å². The lowest BCUT2D eigenvalue weighted by atomic mass is 10.1. The van der Waals surface area contributed by atoms with E-state index in [-0.39, 0.29) is 11.9 Å². The van der Waals surface area contributed by atoms with Crippen molar-refractivity contribution in [3.8, 4) is 5.75 Å². The predicted octanol–water partition coefficient (Wildman–Crippen LogP) is 6.27. The van der Waals surface area contributed by atoms with Gasteiger partial charge in [0.25, 0.3) is 5.91 Å². The van der Waals surface area contributed by atoms with E-state index in [4.69, 9.17) is 21.3 Å². The Morgan fingerprint density at radius 1 is 1.09 bits per heavy atom. The molecule has 1 atom stereocenters. The van der Waals surface area contributed by atoms with Gasteiger partial charge in [-0.2, -0.15) is 0 Å². The zero-order valence-corrected chi connectivity index (χ0v) is 19.9. The van der Waals surface area contributed by atoms with Crippen LogP contribution in [0.2, 0.25) is 5.02 Å². The number of carbonyl (C=O) groups excluding carboxylic acids is 1. The zero-order valence-electron chi connectivity index (χ0n) is 19.1. The number of aromatic nitrogens is 2. The summed E-state index contributed by atoms with van der Waals surface area (Å²) in [6.07, 6.45) is 0.811. The number of para-hydroxylation sites is 2. The molecule has 0 spiro atoms. The molecule has 3 aromatic carbocycles. The third-order valence-electron chi connectivity index (χ3n) is 5.66. The molecule has 6 heteroatoms. The molecule has 1 amide bonds. The second-order valence-electron chi connectivity index (χ2n) is 8.26. The van der Waals surface area contributed by atoms with E-state index < -0.39 is 0 Å². The number of fused-ring (bicyclic) bond motifs is 1. The van der Waals surface area contributed by atoms with E-state index in [0.717, 1.165) is 41.1 Å². The Bertz CT molecular complexity index is 1280. The number of hydrogen-bond acceptors (Lipinski definition) is 3. The average Bonchev–Trinajstić information content (AvgIpc) is 3.18. The van der Waals surface area contributed by atoms with Crippen molar-refractivity contribution in [1.82, 2.24) is 14.9 Å². The highest BCUT2D eigenvalue weighted by atomic mass is 35.5. The Morgan fingerprint density at radius 3 is 2.67 bits per heavy atom. The van der Waals surface area contributed by atoms with Crippen LogP contribution in [-0.2, 0) is 6.54 Å². The Labute approximate surface area is 199 Å². The lowest BCUT2D eigenvalue weighted by Gasteiger charge is -2.17. The number of amides is 1. The fourth-order valence-electron chi connectivity index (χ4n) is 3.91. The lowest BCUT2D eigenvalue weighted by Crippen LogP contribution is -2.29. The normalized spacial score (nSPS) is 12.0. The van der Waals surface area contributed by atoms with Crippen LogP contribution in [0.5, 0.6) is 5.75 Å². The average molecular weight is 462 g/mol. The molecule has 0 aliphatic rings. The summed E-state index contributed by atoms with van der Waals surface area (Å²) in [6.45, 7) is 7.39. The van der Waals surface area contributed by atoms with Crippen molar-refractivity contribution in [2.24, 2.45) is 0 Å². The number of nitrogens with zero attached hydrogens (tertiary/aromatic N) is 2.